The molecule has 1 N–H and O–H groups in total. The predicted octanol–water partition coefficient (Wildman–Crippen LogP) is 7.53. The number of halogens is 1. The number of amides is 2. The van der Waals surface area contributed by atoms with Crippen LogP contribution in [0.5, 0.6) is 5.75 Å². The number of nitrogens with one attached hydrogen (secondary N) is 1. The topological polar surface area (TPSA) is 84.9 Å². The van der Waals surface area contributed by atoms with Gasteiger partial charge in [0.05, 0.1) is 6.61 Å². The maximum absolute atomic E-state index is 13.9. The van der Waals surface area contributed by atoms with Crippen LogP contribution in [0.15, 0.2) is 65.6 Å². The van der Waals surface area contributed by atoms with Gasteiger partial charge in [0.15, 0.2) is 11.4 Å². The first kappa shape index (κ1) is 31.4. The molecule has 0 spiro atoms. The van der Waals surface area contributed by atoms with Crippen molar-refractivity contribution >= 4 is 46.8 Å². The van der Waals surface area contributed by atoms with Crippen LogP contribution in [0, 0.1) is 19.8 Å². The normalized spacial score (nSPS) is 16.7. The van der Waals surface area contributed by atoms with Crippen LogP contribution in [0.2, 0.25) is 5.02 Å². The molecule has 222 valence electrons. The van der Waals surface area contributed by atoms with Gasteiger partial charge in [-0.1, -0.05) is 35.9 Å². The number of carbonyl (C=O) groups is 3. The Bertz CT molecular complexity index is 1430. The number of anilines is 1. The minimum atomic E-state index is -1.17. The van der Waals surface area contributed by atoms with Gasteiger partial charge in [-0.2, -0.15) is 0 Å². The van der Waals surface area contributed by atoms with Crippen molar-refractivity contribution in [2.45, 2.75) is 51.0 Å². The van der Waals surface area contributed by atoms with Gasteiger partial charge < -0.3 is 19.7 Å². The number of ketones is 1. The zero-order valence-corrected chi connectivity index (χ0v) is 26.4. The number of rotatable bonds is 9. The molecule has 42 heavy (non-hydrogen) atoms. The summed E-state index contributed by atoms with van der Waals surface area (Å²) in [6, 6.07) is 18.2. The Morgan fingerprint density at radius 1 is 1.00 bits per heavy atom. The largest absolute Gasteiger partial charge is 0.476 e. The number of likely N-dealkylation sites (tertiary alicyclic amines) is 1. The van der Waals surface area contributed by atoms with Crippen molar-refractivity contribution in [3.05, 3.63) is 87.9 Å². The highest BCUT2D eigenvalue weighted by atomic mass is 35.5. The monoisotopic (exact) mass is 608 g/mol. The summed E-state index contributed by atoms with van der Waals surface area (Å²) in [5.74, 6) is -0.527. The van der Waals surface area contributed by atoms with E-state index < -0.39 is 17.5 Å². The Morgan fingerprint density at radius 2 is 1.62 bits per heavy atom. The van der Waals surface area contributed by atoms with E-state index in [2.05, 4.69) is 5.32 Å². The van der Waals surface area contributed by atoms with Crippen molar-refractivity contribution in [2.24, 2.45) is 5.92 Å². The molecule has 0 bridgehead atoms. The van der Waals surface area contributed by atoms with Crippen molar-refractivity contribution in [3.63, 3.8) is 0 Å². The minimum absolute atomic E-state index is 0.00600. The van der Waals surface area contributed by atoms with Gasteiger partial charge in [0, 0.05) is 46.1 Å². The third kappa shape index (κ3) is 7.10. The second-order valence-electron chi connectivity index (χ2n) is 11.0. The summed E-state index contributed by atoms with van der Waals surface area (Å²) in [5, 5.41) is 3.51. The zero-order valence-electron chi connectivity index (χ0n) is 24.8. The molecular formula is C33H37ClN2O5S. The molecule has 0 saturated carbocycles. The van der Waals surface area contributed by atoms with E-state index >= 15 is 0 Å². The Hall–Kier alpha value is -3.49. The van der Waals surface area contributed by atoms with Crippen LogP contribution in [-0.4, -0.2) is 54.2 Å². The van der Waals surface area contributed by atoms with Crippen LogP contribution in [-0.2, 0) is 9.53 Å². The third-order valence-corrected chi connectivity index (χ3v) is 8.44. The maximum atomic E-state index is 13.9. The van der Waals surface area contributed by atoms with E-state index in [1.54, 1.807) is 61.7 Å². The number of urea groups is 1. The number of nitrogens with zero attached hydrogens (tertiary/aromatic N) is 1. The smallest absolute Gasteiger partial charge is 0.349 e. The molecule has 0 aliphatic carbocycles. The molecule has 3 aromatic rings. The van der Waals surface area contributed by atoms with Crippen molar-refractivity contribution in [1.82, 2.24) is 4.90 Å². The second-order valence-corrected chi connectivity index (χ2v) is 12.3. The summed E-state index contributed by atoms with van der Waals surface area (Å²) in [7, 11) is 0. The van der Waals surface area contributed by atoms with E-state index in [9.17, 15) is 14.4 Å². The van der Waals surface area contributed by atoms with Crippen molar-refractivity contribution < 1.29 is 23.9 Å². The number of thioether (sulfide) groups is 1. The van der Waals surface area contributed by atoms with Gasteiger partial charge in [-0.25, -0.2) is 9.59 Å². The lowest BCUT2D eigenvalue weighted by Gasteiger charge is -2.27. The molecule has 1 aliphatic heterocycles. The number of benzene rings is 3. The van der Waals surface area contributed by atoms with Crippen LogP contribution in [0.4, 0.5) is 10.5 Å². The lowest BCUT2D eigenvalue weighted by Crippen LogP contribution is -2.40. The molecule has 2 amide bonds. The van der Waals surface area contributed by atoms with Gasteiger partial charge in [0.1, 0.15) is 5.75 Å². The van der Waals surface area contributed by atoms with Crippen LogP contribution in [0.1, 0.15) is 53.7 Å². The average Bonchev–Trinajstić information content (AvgIpc) is 3.42. The van der Waals surface area contributed by atoms with E-state index in [1.165, 1.54) is 0 Å². The van der Waals surface area contributed by atoms with Crippen molar-refractivity contribution in [1.29, 1.82) is 0 Å². The molecule has 0 radical (unpaired) electrons. The Morgan fingerprint density at radius 3 is 2.19 bits per heavy atom. The molecule has 7 nitrogen and oxygen atoms in total. The third-order valence-electron chi connectivity index (χ3n) is 7.45. The standard InChI is InChI=1S/C33H37ClN2O5S/c1-7-40-31(38)33(4,5)41-30-20(2)16-23(17-21(30)3)27-18-36(32(39)35-25-12-10-24(34)11-13-25)19-28(27)29(37)22-8-14-26(42-6)15-9-22/h8-17,27-28H,7,18-19H2,1-6H3,(H,35,39)/t27-,28?/m1/s1. The Kier molecular flexibility index (Phi) is 9.89. The Labute approximate surface area is 256 Å². The summed E-state index contributed by atoms with van der Waals surface area (Å²) in [6.45, 7) is 9.88. The molecule has 1 unspecified atom stereocenters. The fraction of sp³-hybridized carbons (Fsp3) is 0.364. The molecule has 1 heterocycles. The van der Waals surface area contributed by atoms with E-state index in [1.807, 2.05) is 56.5 Å². The van der Waals surface area contributed by atoms with Gasteiger partial charge in [0.25, 0.3) is 0 Å². The first-order valence-corrected chi connectivity index (χ1v) is 15.5. The fourth-order valence-corrected chi connectivity index (χ4v) is 5.77. The highest BCUT2D eigenvalue weighted by molar-refractivity contribution is 7.98. The first-order chi connectivity index (χ1) is 19.9. The average molecular weight is 609 g/mol. The number of ether oxygens (including phenoxy) is 2. The second kappa shape index (κ2) is 13.2. The molecule has 3 aromatic carbocycles. The van der Waals surface area contributed by atoms with Gasteiger partial charge in [-0.05, 0) is 94.0 Å². The first-order valence-electron chi connectivity index (χ1n) is 13.9. The van der Waals surface area contributed by atoms with Gasteiger partial charge in [0.2, 0.25) is 0 Å². The molecule has 1 aliphatic rings. The van der Waals surface area contributed by atoms with Crippen LogP contribution < -0.4 is 10.1 Å². The number of carbonyl (C=O) groups excluding carboxylic acids is 3. The SMILES string of the molecule is CCOC(=O)C(C)(C)Oc1c(C)cc([C@H]2CN(C(=O)Nc3ccc(Cl)cc3)CC2C(=O)c2ccc(SC)cc2)cc1C. The predicted molar refractivity (Wildman–Crippen MR) is 168 cm³/mol. The molecule has 9 heteroatoms. The highest BCUT2D eigenvalue weighted by Crippen LogP contribution is 2.39. The lowest BCUT2D eigenvalue weighted by atomic mass is 9.82. The quantitative estimate of drug-likeness (QED) is 0.154. The number of hydrogen-bond donors (Lipinski definition) is 1. The molecule has 1 saturated heterocycles. The van der Waals surface area contributed by atoms with Gasteiger partial charge in [-0.3, -0.25) is 4.79 Å². The number of aryl methyl sites for hydroxylation is 2. The van der Waals surface area contributed by atoms with Gasteiger partial charge >= 0.3 is 12.0 Å². The van der Waals surface area contributed by atoms with E-state index in [4.69, 9.17) is 21.1 Å². The molecule has 0 aromatic heterocycles. The maximum Gasteiger partial charge on any atom is 0.349 e. The van der Waals surface area contributed by atoms with E-state index in [-0.39, 0.29) is 30.9 Å². The number of esters is 1. The minimum Gasteiger partial charge on any atom is -0.476 e. The summed E-state index contributed by atoms with van der Waals surface area (Å²) in [5.41, 5.74) is 2.68. The van der Waals surface area contributed by atoms with E-state index in [0.29, 0.717) is 28.6 Å². The van der Waals surface area contributed by atoms with Crippen molar-refractivity contribution in [3.8, 4) is 5.75 Å². The molecule has 4 rings (SSSR count). The highest BCUT2D eigenvalue weighted by Gasteiger charge is 2.41. The Balaban J connectivity index is 1.65. The molecular weight excluding hydrogens is 572 g/mol. The number of hydrogen-bond acceptors (Lipinski definition) is 6. The zero-order chi connectivity index (χ0) is 30.6. The van der Waals surface area contributed by atoms with Crippen LogP contribution in [0.25, 0.3) is 0 Å². The summed E-state index contributed by atoms with van der Waals surface area (Å²) in [6.07, 6.45) is 1.99. The number of Topliss-reactive ketones (excluding diaryl/α,β-unsaturated/α-hetero) is 1. The van der Waals surface area contributed by atoms with E-state index in [0.717, 1.165) is 21.6 Å². The lowest BCUT2D eigenvalue weighted by molar-refractivity contribution is -0.158. The van der Waals surface area contributed by atoms with Crippen LogP contribution in [0.3, 0.4) is 0 Å². The van der Waals surface area contributed by atoms with Gasteiger partial charge in [-0.15, -0.1) is 11.8 Å². The molecule has 1 fully saturated rings. The fourth-order valence-electron chi connectivity index (χ4n) is 5.24. The summed E-state index contributed by atoms with van der Waals surface area (Å²) >= 11 is 7.62. The van der Waals surface area contributed by atoms with Crippen LogP contribution >= 0.6 is 23.4 Å². The molecule has 2 atom stereocenters. The summed E-state index contributed by atoms with van der Waals surface area (Å²) in [4.78, 5) is 42.5. The van der Waals surface area contributed by atoms with Crippen molar-refractivity contribution in [2.75, 3.05) is 31.3 Å². The summed E-state index contributed by atoms with van der Waals surface area (Å²) < 4.78 is 11.4.